The summed E-state index contributed by atoms with van der Waals surface area (Å²) in [5.41, 5.74) is 0. The van der Waals surface area contributed by atoms with Gasteiger partial charge in [0, 0.05) is 10.9 Å². The molecule has 0 unspecified atom stereocenters. The minimum atomic E-state index is 0. The third kappa shape index (κ3) is 2.88. The molecule has 0 aliphatic heterocycles. The van der Waals surface area contributed by atoms with E-state index < -0.39 is 0 Å². The predicted molar refractivity (Wildman–Crippen MR) is 55.1 cm³/mol. The minimum Gasteiger partial charge on any atom is -0.870 e. The van der Waals surface area contributed by atoms with Crippen LogP contribution in [0.25, 0.3) is 0 Å². The van der Waals surface area contributed by atoms with Crippen LogP contribution in [-0.2, 0) is 10.9 Å². The molecule has 0 radical (unpaired) electrons. The third-order valence-corrected chi connectivity index (χ3v) is 4.11. The molecule has 0 bridgehead atoms. The molecule has 0 saturated heterocycles. The maximum Gasteiger partial charge on any atom is 0.154 e. The van der Waals surface area contributed by atoms with Crippen molar-refractivity contribution in [1.82, 2.24) is 0 Å². The molecule has 1 aromatic carbocycles. The van der Waals surface area contributed by atoms with Crippen molar-refractivity contribution >= 4 is 10.9 Å². The molecule has 0 aliphatic rings. The van der Waals surface area contributed by atoms with Crippen molar-refractivity contribution in [1.29, 1.82) is 0 Å². The second kappa shape index (κ2) is 6.09. The monoisotopic (exact) mass is 184 g/mol. The van der Waals surface area contributed by atoms with E-state index in [1.165, 1.54) is 16.4 Å². The van der Waals surface area contributed by atoms with Gasteiger partial charge in [0.1, 0.15) is 11.5 Å². The average molecular weight is 184 g/mol. The van der Waals surface area contributed by atoms with E-state index in [0.717, 1.165) is 0 Å². The fraction of sp³-hybridized carbons (Fsp3) is 0.400. The van der Waals surface area contributed by atoms with Crippen LogP contribution in [0.15, 0.2) is 35.2 Å². The van der Waals surface area contributed by atoms with E-state index in [1.807, 2.05) is 0 Å². The lowest BCUT2D eigenvalue weighted by atomic mass is 10.4. The molecule has 1 aromatic rings. The zero-order chi connectivity index (χ0) is 8.10. The Hall–Kier alpha value is -0.470. The topological polar surface area (TPSA) is 30.0 Å². The van der Waals surface area contributed by atoms with E-state index in [-0.39, 0.29) is 5.48 Å². The molecule has 0 saturated carbocycles. The highest BCUT2D eigenvalue weighted by atomic mass is 32.2. The van der Waals surface area contributed by atoms with Gasteiger partial charge in [-0.25, -0.2) is 0 Å². The molecule has 0 spiro atoms. The second-order valence-corrected chi connectivity index (χ2v) is 4.99. The first-order chi connectivity index (χ1) is 5.38. The van der Waals surface area contributed by atoms with E-state index in [4.69, 9.17) is 0 Å². The minimum absolute atomic E-state index is 0. The quantitative estimate of drug-likeness (QED) is 0.664. The van der Waals surface area contributed by atoms with Gasteiger partial charge in [0.15, 0.2) is 4.90 Å². The Labute approximate surface area is 77.5 Å². The summed E-state index contributed by atoms with van der Waals surface area (Å²) in [5.74, 6) is 2.56. The van der Waals surface area contributed by atoms with Crippen LogP contribution < -0.4 is 0 Å². The molecular formula is C10H16OS. The van der Waals surface area contributed by atoms with E-state index in [1.54, 1.807) is 0 Å². The summed E-state index contributed by atoms with van der Waals surface area (Å²) in [7, 11) is 0.498. The van der Waals surface area contributed by atoms with Gasteiger partial charge in [0.25, 0.3) is 0 Å². The van der Waals surface area contributed by atoms with Crippen LogP contribution in [-0.4, -0.2) is 17.0 Å². The normalized spacial score (nSPS) is 9.58. The molecule has 1 nitrogen and oxygen atoms in total. The molecule has 1 rings (SSSR count). The fourth-order valence-corrected chi connectivity index (χ4v) is 2.77. The maximum atomic E-state index is 2.26. The zero-order valence-corrected chi connectivity index (χ0v) is 8.47. The molecule has 0 atom stereocenters. The lowest BCUT2D eigenvalue weighted by Gasteiger charge is -2.01. The summed E-state index contributed by atoms with van der Waals surface area (Å²) < 4.78 is 0. The van der Waals surface area contributed by atoms with Crippen LogP contribution in [0.4, 0.5) is 0 Å². The van der Waals surface area contributed by atoms with Gasteiger partial charge in [-0.15, -0.1) is 0 Å². The van der Waals surface area contributed by atoms with Crippen LogP contribution >= 0.6 is 0 Å². The highest BCUT2D eigenvalue weighted by molar-refractivity contribution is 7.96. The van der Waals surface area contributed by atoms with Crippen molar-refractivity contribution in [2.24, 2.45) is 0 Å². The molecular weight excluding hydrogens is 168 g/mol. The molecule has 0 aliphatic carbocycles. The first kappa shape index (κ1) is 11.5. The molecule has 0 heterocycles. The smallest absolute Gasteiger partial charge is 0.154 e. The van der Waals surface area contributed by atoms with E-state index in [9.17, 15) is 0 Å². The van der Waals surface area contributed by atoms with Gasteiger partial charge < -0.3 is 5.48 Å². The summed E-state index contributed by atoms with van der Waals surface area (Å²) in [6, 6.07) is 10.8. The van der Waals surface area contributed by atoms with Crippen molar-refractivity contribution in [3.63, 3.8) is 0 Å². The summed E-state index contributed by atoms with van der Waals surface area (Å²) in [6.07, 6.45) is 0. The van der Waals surface area contributed by atoms with Gasteiger partial charge in [-0.05, 0) is 26.0 Å². The molecule has 0 fully saturated rings. The molecule has 0 amide bonds. The van der Waals surface area contributed by atoms with Crippen LogP contribution in [0.2, 0.25) is 0 Å². The van der Waals surface area contributed by atoms with E-state index in [0.29, 0.717) is 10.9 Å². The van der Waals surface area contributed by atoms with Crippen LogP contribution in [0.1, 0.15) is 13.8 Å². The Morgan fingerprint density at radius 2 is 1.50 bits per heavy atom. The van der Waals surface area contributed by atoms with Gasteiger partial charge in [-0.2, -0.15) is 0 Å². The molecule has 2 heteroatoms. The number of rotatable bonds is 3. The summed E-state index contributed by atoms with van der Waals surface area (Å²) in [6.45, 7) is 4.53. The Bertz CT molecular complexity index is 194. The van der Waals surface area contributed by atoms with Gasteiger partial charge in [-0.1, -0.05) is 18.2 Å². The van der Waals surface area contributed by atoms with Crippen LogP contribution in [0, 0.1) is 0 Å². The Kier molecular flexibility index (Phi) is 5.85. The standard InChI is InChI=1S/C10H15S.H2O/c1-3-11(4-2)10-8-6-5-7-9-10;/h5-9H,3-4H2,1-2H3;1H2/q+1;/p-1. The number of hydrogen-bond donors (Lipinski definition) is 0. The van der Waals surface area contributed by atoms with Crippen molar-refractivity contribution in [2.75, 3.05) is 11.5 Å². The SMILES string of the molecule is CC[S+](CC)c1ccccc1.[OH-]. The molecule has 12 heavy (non-hydrogen) atoms. The summed E-state index contributed by atoms with van der Waals surface area (Å²) in [4.78, 5) is 1.51. The predicted octanol–water partition coefficient (Wildman–Crippen LogP) is 2.53. The lowest BCUT2D eigenvalue weighted by molar-refractivity contribution is 0.824. The first-order valence-corrected chi connectivity index (χ1v) is 5.67. The Morgan fingerprint density at radius 3 is 1.92 bits per heavy atom. The lowest BCUT2D eigenvalue weighted by Crippen LogP contribution is -2.07. The summed E-state index contributed by atoms with van der Waals surface area (Å²) in [5, 5.41) is 0. The largest absolute Gasteiger partial charge is 0.870 e. The zero-order valence-electron chi connectivity index (χ0n) is 7.66. The van der Waals surface area contributed by atoms with E-state index >= 15 is 0 Å². The highest BCUT2D eigenvalue weighted by Gasteiger charge is 2.14. The second-order valence-electron chi connectivity index (χ2n) is 2.38. The first-order valence-electron chi connectivity index (χ1n) is 4.11. The van der Waals surface area contributed by atoms with Gasteiger partial charge in [0.05, 0.1) is 0 Å². The molecule has 0 aromatic heterocycles. The summed E-state index contributed by atoms with van der Waals surface area (Å²) >= 11 is 0. The van der Waals surface area contributed by atoms with Gasteiger partial charge in [0.2, 0.25) is 0 Å². The van der Waals surface area contributed by atoms with Gasteiger partial charge in [-0.3, -0.25) is 0 Å². The van der Waals surface area contributed by atoms with Crippen LogP contribution in [0.3, 0.4) is 0 Å². The van der Waals surface area contributed by atoms with Crippen molar-refractivity contribution < 1.29 is 5.48 Å². The number of benzene rings is 1. The molecule has 1 N–H and O–H groups in total. The Morgan fingerprint density at radius 1 is 1.00 bits per heavy atom. The van der Waals surface area contributed by atoms with Crippen molar-refractivity contribution in [3.8, 4) is 0 Å². The fourth-order valence-electron chi connectivity index (χ4n) is 1.15. The average Bonchev–Trinajstić information content (AvgIpc) is 2.09. The number of hydrogen-bond acceptors (Lipinski definition) is 1. The van der Waals surface area contributed by atoms with Crippen molar-refractivity contribution in [2.45, 2.75) is 18.7 Å². The third-order valence-electron chi connectivity index (χ3n) is 1.77. The van der Waals surface area contributed by atoms with Gasteiger partial charge >= 0.3 is 0 Å². The maximum absolute atomic E-state index is 2.26. The molecule has 68 valence electrons. The van der Waals surface area contributed by atoms with Crippen molar-refractivity contribution in [3.05, 3.63) is 30.3 Å². The Balaban J connectivity index is 0.00000121. The van der Waals surface area contributed by atoms with Crippen LogP contribution in [0.5, 0.6) is 0 Å². The highest BCUT2D eigenvalue weighted by Crippen LogP contribution is 2.12. The van der Waals surface area contributed by atoms with E-state index in [2.05, 4.69) is 44.2 Å².